The van der Waals surface area contributed by atoms with Crippen LogP contribution in [0.2, 0.25) is 0 Å². The van der Waals surface area contributed by atoms with E-state index in [0.29, 0.717) is 0 Å². The number of rotatable bonds is 3. The summed E-state index contributed by atoms with van der Waals surface area (Å²) >= 11 is 2.78. The summed E-state index contributed by atoms with van der Waals surface area (Å²) in [6, 6.07) is -0.449. The van der Waals surface area contributed by atoms with Crippen LogP contribution in [0.25, 0.3) is 0 Å². The van der Waals surface area contributed by atoms with E-state index >= 15 is 0 Å². The summed E-state index contributed by atoms with van der Waals surface area (Å²) in [7, 11) is 0. The Morgan fingerprint density at radius 2 is 1.94 bits per heavy atom. The van der Waals surface area contributed by atoms with Crippen molar-refractivity contribution in [3.63, 3.8) is 0 Å². The average Bonchev–Trinajstić information content (AvgIpc) is 2.25. The molecule has 8 heteroatoms. The van der Waals surface area contributed by atoms with Gasteiger partial charge >= 0.3 is 12.0 Å². The lowest BCUT2D eigenvalue weighted by molar-refractivity contribution is -0.138. The molecular formula is C10H9BrF2N2O3. The first-order chi connectivity index (χ1) is 8.31. The van der Waals surface area contributed by atoms with Gasteiger partial charge in [-0.15, -0.1) is 0 Å². The molecule has 1 aromatic carbocycles. The number of amides is 2. The zero-order valence-corrected chi connectivity index (χ0v) is 10.7. The van der Waals surface area contributed by atoms with Gasteiger partial charge in [0, 0.05) is 6.07 Å². The van der Waals surface area contributed by atoms with Crippen LogP contribution in [0.3, 0.4) is 0 Å². The third-order valence-electron chi connectivity index (χ3n) is 1.98. The molecule has 0 saturated carbocycles. The molecule has 0 aliphatic heterocycles. The Morgan fingerprint density at radius 1 is 1.33 bits per heavy atom. The number of carbonyl (C=O) groups is 2. The van der Waals surface area contributed by atoms with Crippen LogP contribution in [0.5, 0.6) is 0 Å². The Kier molecular flexibility index (Phi) is 4.60. The predicted molar refractivity (Wildman–Crippen MR) is 63.3 cm³/mol. The van der Waals surface area contributed by atoms with Crippen LogP contribution in [-0.4, -0.2) is 23.1 Å². The molecule has 5 nitrogen and oxygen atoms in total. The molecule has 0 heterocycles. The molecule has 98 valence electrons. The van der Waals surface area contributed by atoms with Crippen molar-refractivity contribution in [2.24, 2.45) is 0 Å². The first-order valence-corrected chi connectivity index (χ1v) is 5.55. The minimum absolute atomic E-state index is 0.0788. The number of hydrogen-bond donors (Lipinski definition) is 3. The van der Waals surface area contributed by atoms with E-state index in [1.54, 1.807) is 0 Å². The first kappa shape index (κ1) is 14.4. The van der Waals surface area contributed by atoms with Crippen molar-refractivity contribution in [1.29, 1.82) is 0 Å². The number of aliphatic carboxylic acids is 1. The zero-order chi connectivity index (χ0) is 13.9. The minimum atomic E-state index is -1.24. The summed E-state index contributed by atoms with van der Waals surface area (Å²) in [4.78, 5) is 21.8. The van der Waals surface area contributed by atoms with Crippen LogP contribution in [-0.2, 0) is 4.79 Å². The SMILES string of the molecule is C[C@H](NC(=O)Nc1cc(F)c(Br)cc1F)C(=O)O. The van der Waals surface area contributed by atoms with Gasteiger partial charge < -0.3 is 15.7 Å². The van der Waals surface area contributed by atoms with Crippen molar-refractivity contribution >= 4 is 33.6 Å². The summed E-state index contributed by atoms with van der Waals surface area (Å²) in [5.74, 6) is -2.84. The van der Waals surface area contributed by atoms with Gasteiger partial charge in [-0.05, 0) is 28.9 Å². The van der Waals surface area contributed by atoms with Gasteiger partial charge in [-0.1, -0.05) is 0 Å². The van der Waals surface area contributed by atoms with Gasteiger partial charge in [-0.25, -0.2) is 13.6 Å². The summed E-state index contributed by atoms with van der Waals surface area (Å²) in [6.07, 6.45) is 0. The van der Waals surface area contributed by atoms with Crippen LogP contribution in [0.1, 0.15) is 6.92 Å². The summed E-state index contributed by atoms with van der Waals surface area (Å²) in [6.45, 7) is 1.24. The van der Waals surface area contributed by atoms with E-state index in [0.717, 1.165) is 12.1 Å². The standard InChI is InChI=1S/C10H9BrF2N2O3/c1-4(9(16)17)14-10(18)15-8-3-6(12)5(11)2-7(8)13/h2-4H,1H3,(H,16,17)(H2,14,15,18)/t4-/m0/s1. The fraction of sp³-hybridized carbons (Fsp3) is 0.200. The second-order valence-electron chi connectivity index (χ2n) is 3.40. The van der Waals surface area contributed by atoms with E-state index in [1.165, 1.54) is 6.92 Å². The number of carbonyl (C=O) groups excluding carboxylic acids is 1. The molecule has 1 atom stereocenters. The van der Waals surface area contributed by atoms with Crippen LogP contribution >= 0.6 is 15.9 Å². The summed E-state index contributed by atoms with van der Waals surface area (Å²) in [5.41, 5.74) is -0.384. The van der Waals surface area contributed by atoms with Crippen molar-refractivity contribution in [3.8, 4) is 0 Å². The van der Waals surface area contributed by atoms with Crippen molar-refractivity contribution < 1.29 is 23.5 Å². The van der Waals surface area contributed by atoms with E-state index in [-0.39, 0.29) is 10.2 Å². The van der Waals surface area contributed by atoms with Crippen LogP contribution < -0.4 is 10.6 Å². The highest BCUT2D eigenvalue weighted by Crippen LogP contribution is 2.23. The fourth-order valence-electron chi connectivity index (χ4n) is 1.04. The Hall–Kier alpha value is -1.70. The average molecular weight is 323 g/mol. The van der Waals surface area contributed by atoms with Crippen molar-refractivity contribution in [2.45, 2.75) is 13.0 Å². The third-order valence-corrected chi connectivity index (χ3v) is 2.58. The molecule has 1 aromatic rings. The molecule has 0 aliphatic carbocycles. The Labute approximate surface area is 109 Å². The van der Waals surface area contributed by atoms with Crippen LogP contribution in [0, 0.1) is 11.6 Å². The van der Waals surface area contributed by atoms with Gasteiger partial charge in [0.1, 0.15) is 17.7 Å². The molecule has 0 unspecified atom stereocenters. The number of benzene rings is 1. The topological polar surface area (TPSA) is 78.4 Å². The first-order valence-electron chi connectivity index (χ1n) is 4.76. The largest absolute Gasteiger partial charge is 0.480 e. The molecule has 0 bridgehead atoms. The van der Waals surface area contributed by atoms with Gasteiger partial charge in [0.05, 0.1) is 10.2 Å². The Bertz CT molecular complexity index is 496. The molecule has 0 spiro atoms. The summed E-state index contributed by atoms with van der Waals surface area (Å²) < 4.78 is 26.4. The van der Waals surface area contributed by atoms with Gasteiger partial charge in [0.15, 0.2) is 0 Å². The van der Waals surface area contributed by atoms with E-state index in [9.17, 15) is 18.4 Å². The molecular weight excluding hydrogens is 314 g/mol. The van der Waals surface area contributed by atoms with Gasteiger partial charge in [0.25, 0.3) is 0 Å². The molecule has 3 N–H and O–H groups in total. The number of carboxylic acid groups (broad SMARTS) is 1. The maximum Gasteiger partial charge on any atom is 0.325 e. The quantitative estimate of drug-likeness (QED) is 0.747. The molecule has 0 radical (unpaired) electrons. The van der Waals surface area contributed by atoms with E-state index in [2.05, 4.69) is 15.9 Å². The minimum Gasteiger partial charge on any atom is -0.480 e. The van der Waals surface area contributed by atoms with E-state index in [1.807, 2.05) is 10.6 Å². The maximum absolute atomic E-state index is 13.3. The molecule has 0 saturated heterocycles. The van der Waals surface area contributed by atoms with Crippen molar-refractivity contribution in [2.75, 3.05) is 5.32 Å². The Balaban J connectivity index is 2.76. The number of halogens is 3. The predicted octanol–water partition coefficient (Wildman–Crippen LogP) is 2.32. The second kappa shape index (κ2) is 5.76. The molecule has 0 aromatic heterocycles. The fourth-order valence-corrected chi connectivity index (χ4v) is 1.35. The normalized spacial score (nSPS) is 11.8. The third kappa shape index (κ3) is 3.66. The van der Waals surface area contributed by atoms with Crippen molar-refractivity contribution in [3.05, 3.63) is 28.2 Å². The van der Waals surface area contributed by atoms with E-state index in [4.69, 9.17) is 5.11 Å². The van der Waals surface area contributed by atoms with Crippen LogP contribution in [0.4, 0.5) is 19.3 Å². The highest BCUT2D eigenvalue weighted by Gasteiger charge is 2.16. The number of carboxylic acids is 1. The molecule has 0 aliphatic rings. The Morgan fingerprint density at radius 3 is 2.50 bits per heavy atom. The van der Waals surface area contributed by atoms with Gasteiger partial charge in [0.2, 0.25) is 0 Å². The van der Waals surface area contributed by atoms with Gasteiger partial charge in [-0.3, -0.25) is 4.79 Å². The number of urea groups is 1. The molecule has 0 fully saturated rings. The lowest BCUT2D eigenvalue weighted by atomic mass is 10.3. The second-order valence-corrected chi connectivity index (χ2v) is 4.26. The number of anilines is 1. The number of nitrogens with one attached hydrogen (secondary N) is 2. The van der Waals surface area contributed by atoms with Crippen molar-refractivity contribution in [1.82, 2.24) is 5.32 Å². The summed E-state index contributed by atoms with van der Waals surface area (Å²) in [5, 5.41) is 12.6. The lowest BCUT2D eigenvalue weighted by Crippen LogP contribution is -2.41. The maximum atomic E-state index is 13.3. The molecule has 2 amide bonds. The molecule has 18 heavy (non-hydrogen) atoms. The zero-order valence-electron chi connectivity index (χ0n) is 9.13. The van der Waals surface area contributed by atoms with E-state index < -0.39 is 29.7 Å². The lowest BCUT2D eigenvalue weighted by Gasteiger charge is -2.11. The number of hydrogen-bond acceptors (Lipinski definition) is 2. The molecule has 1 rings (SSSR count). The monoisotopic (exact) mass is 322 g/mol. The smallest absolute Gasteiger partial charge is 0.325 e. The van der Waals surface area contributed by atoms with Crippen LogP contribution in [0.15, 0.2) is 16.6 Å². The highest BCUT2D eigenvalue weighted by molar-refractivity contribution is 9.10. The highest BCUT2D eigenvalue weighted by atomic mass is 79.9. The van der Waals surface area contributed by atoms with Gasteiger partial charge in [-0.2, -0.15) is 0 Å².